The zero-order chi connectivity index (χ0) is 23.6. The number of aromatic amines is 1. The molecule has 2 aromatic heterocycles. The Hall–Kier alpha value is -3.32. The first-order valence-electron chi connectivity index (χ1n) is 11.5. The fourth-order valence-electron chi connectivity index (χ4n) is 4.29. The average Bonchev–Trinajstić information content (AvgIpc) is 3.26. The minimum Gasteiger partial charge on any atom is -0.322 e. The van der Waals surface area contributed by atoms with Crippen LogP contribution in [0.15, 0.2) is 59.4 Å². The molecule has 1 N–H and O–H groups in total. The van der Waals surface area contributed by atoms with Gasteiger partial charge in [0.2, 0.25) is 0 Å². The van der Waals surface area contributed by atoms with Gasteiger partial charge in [-0.2, -0.15) is 0 Å². The highest BCUT2D eigenvalue weighted by Crippen LogP contribution is 2.29. The summed E-state index contributed by atoms with van der Waals surface area (Å²) in [7, 11) is 0. The molecule has 0 saturated heterocycles. The summed E-state index contributed by atoms with van der Waals surface area (Å²) in [6.45, 7) is 11.7. The van der Waals surface area contributed by atoms with Gasteiger partial charge < -0.3 is 4.98 Å². The molecule has 0 saturated carbocycles. The second kappa shape index (κ2) is 9.27. The number of nitrogens with zero attached hydrogens (tertiary/aromatic N) is 5. The number of H-pyrrole nitrogens is 1. The molecule has 7 heteroatoms. The maximum Gasteiger partial charge on any atom is 0.252 e. The van der Waals surface area contributed by atoms with Gasteiger partial charge in [0.05, 0.1) is 11.6 Å². The maximum atomic E-state index is 13.0. The lowest BCUT2D eigenvalue weighted by Crippen LogP contribution is -2.35. The van der Waals surface area contributed by atoms with Crippen molar-refractivity contribution in [2.24, 2.45) is 0 Å². The van der Waals surface area contributed by atoms with Crippen molar-refractivity contribution >= 4 is 10.9 Å². The summed E-state index contributed by atoms with van der Waals surface area (Å²) < 4.78 is 1.90. The van der Waals surface area contributed by atoms with Crippen LogP contribution in [-0.2, 0) is 18.6 Å². The van der Waals surface area contributed by atoms with E-state index in [9.17, 15) is 4.79 Å². The van der Waals surface area contributed by atoms with Crippen LogP contribution in [0.5, 0.6) is 0 Å². The first-order chi connectivity index (χ1) is 15.8. The molecule has 33 heavy (non-hydrogen) atoms. The van der Waals surface area contributed by atoms with Crippen LogP contribution in [0.1, 0.15) is 62.7 Å². The number of fused-ring (bicyclic) bond motifs is 1. The quantitative estimate of drug-likeness (QED) is 0.446. The molecule has 4 aromatic rings. The number of hydrogen-bond donors (Lipinski definition) is 1. The van der Waals surface area contributed by atoms with Crippen molar-refractivity contribution in [1.82, 2.24) is 30.1 Å². The number of hydrogen-bond acceptors (Lipinski definition) is 5. The van der Waals surface area contributed by atoms with Crippen LogP contribution in [0.4, 0.5) is 0 Å². The van der Waals surface area contributed by atoms with Gasteiger partial charge in [0.25, 0.3) is 5.56 Å². The number of pyridine rings is 1. The van der Waals surface area contributed by atoms with Gasteiger partial charge in [0.15, 0.2) is 5.82 Å². The molecule has 172 valence electrons. The zero-order valence-corrected chi connectivity index (χ0v) is 20.0. The zero-order valence-electron chi connectivity index (χ0n) is 20.0. The Bertz CT molecular complexity index is 1290. The van der Waals surface area contributed by atoms with E-state index in [2.05, 4.69) is 78.2 Å². The highest BCUT2D eigenvalue weighted by molar-refractivity contribution is 5.79. The molecular weight excluding hydrogens is 412 g/mol. The molecule has 2 heterocycles. The average molecular weight is 445 g/mol. The third kappa shape index (κ3) is 5.03. The fourth-order valence-corrected chi connectivity index (χ4v) is 4.29. The summed E-state index contributed by atoms with van der Waals surface area (Å²) in [5.74, 6) is 0.814. The molecule has 0 amide bonds. The highest BCUT2D eigenvalue weighted by Gasteiger charge is 2.29. The van der Waals surface area contributed by atoms with E-state index in [4.69, 9.17) is 0 Å². The topological polar surface area (TPSA) is 79.7 Å². The Kier molecular flexibility index (Phi) is 6.42. The predicted molar refractivity (Wildman–Crippen MR) is 131 cm³/mol. The summed E-state index contributed by atoms with van der Waals surface area (Å²) in [4.78, 5) is 18.4. The Morgan fingerprint density at radius 1 is 1.06 bits per heavy atom. The van der Waals surface area contributed by atoms with E-state index in [0.29, 0.717) is 13.1 Å². The number of rotatable bonds is 7. The van der Waals surface area contributed by atoms with Gasteiger partial charge in [-0.05, 0) is 73.7 Å². The first kappa shape index (κ1) is 22.9. The second-order valence-electron chi connectivity index (χ2n) is 9.65. The molecule has 0 aliphatic heterocycles. The van der Waals surface area contributed by atoms with Gasteiger partial charge in [-0.25, -0.2) is 4.68 Å². The summed E-state index contributed by atoms with van der Waals surface area (Å²) in [6.07, 6.45) is 0.813. The molecular formula is C26H32N6O. The SMILES string of the molecule is CC[C@H](c1nnnn1C(C)(C)C)N(Cc1ccccc1)Cc1cc2cc(C)ccc2[nH]c1=O. The maximum absolute atomic E-state index is 13.0. The van der Waals surface area contributed by atoms with Crippen molar-refractivity contribution in [3.05, 3.63) is 87.5 Å². The molecule has 2 aromatic carbocycles. The summed E-state index contributed by atoms with van der Waals surface area (Å²) >= 11 is 0. The van der Waals surface area contributed by atoms with Crippen molar-refractivity contribution in [2.75, 3.05) is 0 Å². The normalized spacial score (nSPS) is 13.0. The van der Waals surface area contributed by atoms with E-state index in [1.165, 1.54) is 5.56 Å². The minimum absolute atomic E-state index is 0.0490. The lowest BCUT2D eigenvalue weighted by atomic mass is 10.0. The smallest absolute Gasteiger partial charge is 0.252 e. The highest BCUT2D eigenvalue weighted by atomic mass is 16.1. The molecule has 0 unspecified atom stereocenters. The molecule has 0 fully saturated rings. The third-order valence-electron chi connectivity index (χ3n) is 5.93. The molecule has 7 nitrogen and oxygen atoms in total. The van der Waals surface area contributed by atoms with Gasteiger partial charge in [0, 0.05) is 24.2 Å². The molecule has 0 radical (unpaired) electrons. The Balaban J connectivity index is 1.77. The van der Waals surface area contributed by atoms with Crippen molar-refractivity contribution in [1.29, 1.82) is 0 Å². The van der Waals surface area contributed by atoms with Gasteiger partial charge in [0.1, 0.15) is 0 Å². The van der Waals surface area contributed by atoms with Crippen molar-refractivity contribution in [3.8, 4) is 0 Å². The summed E-state index contributed by atoms with van der Waals surface area (Å²) in [6, 6.07) is 18.4. The number of benzene rings is 2. The molecule has 1 atom stereocenters. The van der Waals surface area contributed by atoms with Crippen molar-refractivity contribution in [2.45, 2.75) is 65.7 Å². The Labute approximate surface area is 194 Å². The molecule has 4 rings (SSSR count). The van der Waals surface area contributed by atoms with E-state index in [0.717, 1.165) is 34.3 Å². The van der Waals surface area contributed by atoms with Gasteiger partial charge in [-0.15, -0.1) is 5.10 Å². The van der Waals surface area contributed by atoms with Crippen LogP contribution in [0.3, 0.4) is 0 Å². The van der Waals surface area contributed by atoms with Crippen molar-refractivity contribution in [3.63, 3.8) is 0 Å². The van der Waals surface area contributed by atoms with Crippen LogP contribution in [0.2, 0.25) is 0 Å². The summed E-state index contributed by atoms with van der Waals surface area (Å²) in [5, 5.41) is 13.7. The van der Waals surface area contributed by atoms with E-state index < -0.39 is 0 Å². The van der Waals surface area contributed by atoms with Crippen LogP contribution < -0.4 is 5.56 Å². The molecule has 0 aliphatic carbocycles. The predicted octanol–water partition coefficient (Wildman–Crippen LogP) is 4.73. The summed E-state index contributed by atoms with van der Waals surface area (Å²) in [5.41, 5.74) is 3.62. The standard InChI is InChI=1S/C26H32N6O/c1-6-23(24-28-29-30-32(24)26(3,4)5)31(16-19-10-8-7-9-11-19)17-21-15-20-14-18(2)12-13-22(20)27-25(21)33/h7-15,23H,6,16-17H2,1-5H3,(H,27,33)/t23-/m1/s1. The Morgan fingerprint density at radius 2 is 1.82 bits per heavy atom. The molecule has 0 spiro atoms. The third-order valence-corrected chi connectivity index (χ3v) is 5.93. The van der Waals surface area contributed by atoms with E-state index >= 15 is 0 Å². The van der Waals surface area contributed by atoms with Crippen LogP contribution in [0.25, 0.3) is 10.9 Å². The number of aromatic nitrogens is 5. The minimum atomic E-state index is -0.247. The van der Waals surface area contributed by atoms with Crippen LogP contribution in [0, 0.1) is 6.92 Å². The number of tetrazole rings is 1. The van der Waals surface area contributed by atoms with Crippen molar-refractivity contribution < 1.29 is 0 Å². The number of aryl methyl sites for hydroxylation is 1. The number of nitrogens with one attached hydrogen (secondary N) is 1. The van der Waals surface area contributed by atoms with E-state index in [-0.39, 0.29) is 17.1 Å². The monoisotopic (exact) mass is 444 g/mol. The van der Waals surface area contributed by atoms with Gasteiger partial charge >= 0.3 is 0 Å². The first-order valence-corrected chi connectivity index (χ1v) is 11.5. The second-order valence-corrected chi connectivity index (χ2v) is 9.65. The van der Waals surface area contributed by atoms with Gasteiger partial charge in [-0.1, -0.05) is 48.9 Å². The van der Waals surface area contributed by atoms with E-state index in [1.54, 1.807) is 0 Å². The fraction of sp³-hybridized carbons (Fsp3) is 0.385. The largest absolute Gasteiger partial charge is 0.322 e. The van der Waals surface area contributed by atoms with Gasteiger partial charge in [-0.3, -0.25) is 9.69 Å². The van der Waals surface area contributed by atoms with Crippen LogP contribution >= 0.6 is 0 Å². The molecule has 0 bridgehead atoms. The lowest BCUT2D eigenvalue weighted by molar-refractivity contribution is 0.153. The Morgan fingerprint density at radius 3 is 2.52 bits per heavy atom. The molecule has 0 aliphatic rings. The van der Waals surface area contributed by atoms with E-state index in [1.807, 2.05) is 41.1 Å². The lowest BCUT2D eigenvalue weighted by Gasteiger charge is -2.32. The van der Waals surface area contributed by atoms with Crippen LogP contribution in [-0.4, -0.2) is 30.1 Å².